The molecule has 5 heteroatoms. The normalized spacial score (nSPS) is 14.3. The minimum absolute atomic E-state index is 0.0635. The van der Waals surface area contributed by atoms with Gasteiger partial charge < -0.3 is 10.4 Å². The minimum atomic E-state index is -0.0658. The first-order chi connectivity index (χ1) is 8.13. The number of amides is 1. The van der Waals surface area contributed by atoms with E-state index in [1.54, 1.807) is 23.1 Å². The third-order valence-electron chi connectivity index (χ3n) is 2.33. The van der Waals surface area contributed by atoms with Crippen LogP contribution in [0.4, 0.5) is 0 Å². The molecule has 1 rings (SSSR count). The molecule has 2 N–H and O–H groups in total. The van der Waals surface area contributed by atoms with Crippen LogP contribution in [0.25, 0.3) is 0 Å². The van der Waals surface area contributed by atoms with Crippen LogP contribution in [0.2, 0.25) is 0 Å². The first kappa shape index (κ1) is 14.5. The van der Waals surface area contributed by atoms with Crippen molar-refractivity contribution >= 4 is 29.0 Å². The standard InChI is InChI=1S/C12H19NO2S2/c1-9(7-14)8-17-10(2)12(15)13-6-11-4-3-5-16-11/h3-5,9-10,14H,6-8H2,1-2H3,(H,13,15). The second kappa shape index (κ2) is 7.74. The number of carbonyl (C=O) groups excluding carboxylic acids is 1. The van der Waals surface area contributed by atoms with Gasteiger partial charge in [0.2, 0.25) is 5.91 Å². The number of aliphatic hydroxyl groups excluding tert-OH is 1. The van der Waals surface area contributed by atoms with E-state index >= 15 is 0 Å². The molecule has 0 fully saturated rings. The second-order valence-corrected chi connectivity index (χ2v) is 6.47. The van der Waals surface area contributed by atoms with Crippen molar-refractivity contribution in [2.45, 2.75) is 25.6 Å². The van der Waals surface area contributed by atoms with Crippen LogP contribution in [0.1, 0.15) is 18.7 Å². The Morgan fingerprint density at radius 1 is 1.59 bits per heavy atom. The van der Waals surface area contributed by atoms with E-state index in [4.69, 9.17) is 5.11 Å². The van der Waals surface area contributed by atoms with Crippen molar-refractivity contribution in [3.05, 3.63) is 22.4 Å². The number of hydrogen-bond donors (Lipinski definition) is 2. The molecule has 1 aromatic heterocycles. The van der Waals surface area contributed by atoms with E-state index in [0.717, 1.165) is 5.75 Å². The molecular formula is C12H19NO2S2. The topological polar surface area (TPSA) is 49.3 Å². The Bertz CT molecular complexity index is 327. The maximum atomic E-state index is 11.7. The summed E-state index contributed by atoms with van der Waals surface area (Å²) < 4.78 is 0. The largest absolute Gasteiger partial charge is 0.396 e. The highest BCUT2D eigenvalue weighted by Gasteiger charge is 2.14. The average molecular weight is 273 g/mol. The van der Waals surface area contributed by atoms with Crippen LogP contribution in [-0.4, -0.2) is 28.6 Å². The van der Waals surface area contributed by atoms with E-state index in [9.17, 15) is 4.79 Å². The molecule has 17 heavy (non-hydrogen) atoms. The maximum absolute atomic E-state index is 11.7. The summed E-state index contributed by atoms with van der Waals surface area (Å²) in [6.07, 6.45) is 0. The van der Waals surface area contributed by atoms with Gasteiger partial charge in [-0.25, -0.2) is 0 Å². The lowest BCUT2D eigenvalue weighted by Crippen LogP contribution is -2.30. The molecule has 96 valence electrons. The molecule has 0 saturated heterocycles. The van der Waals surface area contributed by atoms with Gasteiger partial charge in [-0.05, 0) is 30.0 Å². The van der Waals surface area contributed by atoms with Gasteiger partial charge >= 0.3 is 0 Å². The monoisotopic (exact) mass is 273 g/mol. The lowest BCUT2D eigenvalue weighted by atomic mass is 10.2. The molecule has 2 atom stereocenters. The van der Waals surface area contributed by atoms with Crippen molar-refractivity contribution in [2.24, 2.45) is 5.92 Å². The summed E-state index contributed by atoms with van der Waals surface area (Å²) >= 11 is 3.23. The average Bonchev–Trinajstić information content (AvgIpc) is 2.85. The summed E-state index contributed by atoms with van der Waals surface area (Å²) in [6.45, 7) is 4.66. The predicted molar refractivity (Wildman–Crippen MR) is 74.3 cm³/mol. The highest BCUT2D eigenvalue weighted by Crippen LogP contribution is 2.15. The number of thiophene rings is 1. The smallest absolute Gasteiger partial charge is 0.233 e. The molecule has 0 bridgehead atoms. The van der Waals surface area contributed by atoms with E-state index in [2.05, 4.69) is 5.32 Å². The summed E-state index contributed by atoms with van der Waals surface area (Å²) in [5.74, 6) is 1.12. The van der Waals surface area contributed by atoms with Crippen LogP contribution in [0.3, 0.4) is 0 Å². The summed E-state index contributed by atoms with van der Waals surface area (Å²) in [6, 6.07) is 3.99. The number of aliphatic hydroxyl groups is 1. The van der Waals surface area contributed by atoms with Crippen molar-refractivity contribution in [1.82, 2.24) is 5.32 Å². The van der Waals surface area contributed by atoms with E-state index in [-0.39, 0.29) is 23.7 Å². The zero-order chi connectivity index (χ0) is 12.7. The number of nitrogens with one attached hydrogen (secondary N) is 1. The van der Waals surface area contributed by atoms with Gasteiger partial charge in [-0.1, -0.05) is 13.0 Å². The summed E-state index contributed by atoms with van der Waals surface area (Å²) in [4.78, 5) is 12.9. The molecule has 2 unspecified atom stereocenters. The summed E-state index contributed by atoms with van der Waals surface area (Å²) in [5.41, 5.74) is 0. The van der Waals surface area contributed by atoms with Crippen molar-refractivity contribution in [2.75, 3.05) is 12.4 Å². The Balaban J connectivity index is 2.22. The molecule has 0 saturated carbocycles. The third-order valence-corrected chi connectivity index (χ3v) is 4.68. The second-order valence-electron chi connectivity index (χ2n) is 4.06. The Morgan fingerprint density at radius 3 is 2.94 bits per heavy atom. The fourth-order valence-corrected chi connectivity index (χ4v) is 2.77. The van der Waals surface area contributed by atoms with Gasteiger partial charge in [-0.2, -0.15) is 0 Å². The van der Waals surface area contributed by atoms with Gasteiger partial charge in [0, 0.05) is 11.5 Å². The van der Waals surface area contributed by atoms with Crippen LogP contribution in [-0.2, 0) is 11.3 Å². The van der Waals surface area contributed by atoms with Gasteiger partial charge in [0.15, 0.2) is 0 Å². The van der Waals surface area contributed by atoms with Crippen molar-refractivity contribution in [3.8, 4) is 0 Å². The van der Waals surface area contributed by atoms with Crippen molar-refractivity contribution in [3.63, 3.8) is 0 Å². The molecule has 0 aliphatic rings. The van der Waals surface area contributed by atoms with Gasteiger partial charge in [0.25, 0.3) is 0 Å². The molecule has 0 aliphatic heterocycles. The fourth-order valence-electron chi connectivity index (χ4n) is 1.17. The van der Waals surface area contributed by atoms with Gasteiger partial charge in [-0.3, -0.25) is 4.79 Å². The van der Waals surface area contributed by atoms with Gasteiger partial charge in [-0.15, -0.1) is 23.1 Å². The van der Waals surface area contributed by atoms with Crippen LogP contribution < -0.4 is 5.32 Å². The molecule has 0 aliphatic carbocycles. The molecule has 1 heterocycles. The van der Waals surface area contributed by atoms with E-state index < -0.39 is 0 Å². The molecule has 1 amide bonds. The third kappa shape index (κ3) is 5.57. The number of rotatable bonds is 7. The number of thioether (sulfide) groups is 1. The van der Waals surface area contributed by atoms with Crippen LogP contribution in [0.15, 0.2) is 17.5 Å². The van der Waals surface area contributed by atoms with Crippen molar-refractivity contribution in [1.29, 1.82) is 0 Å². The van der Waals surface area contributed by atoms with Gasteiger partial charge in [0.1, 0.15) is 0 Å². The van der Waals surface area contributed by atoms with Crippen LogP contribution in [0, 0.1) is 5.92 Å². The zero-order valence-corrected chi connectivity index (χ0v) is 11.8. The quantitative estimate of drug-likeness (QED) is 0.800. The summed E-state index contributed by atoms with van der Waals surface area (Å²) in [7, 11) is 0. The minimum Gasteiger partial charge on any atom is -0.396 e. The first-order valence-corrected chi connectivity index (χ1v) is 7.59. The van der Waals surface area contributed by atoms with Gasteiger partial charge in [0.05, 0.1) is 11.8 Å². The molecule has 1 aromatic rings. The number of hydrogen-bond acceptors (Lipinski definition) is 4. The van der Waals surface area contributed by atoms with E-state index in [0.29, 0.717) is 6.54 Å². The van der Waals surface area contributed by atoms with E-state index in [1.807, 2.05) is 31.4 Å². The Kier molecular flexibility index (Phi) is 6.62. The molecule has 0 radical (unpaired) electrons. The fraction of sp³-hybridized carbons (Fsp3) is 0.583. The lowest BCUT2D eigenvalue weighted by molar-refractivity contribution is -0.120. The molecule has 3 nitrogen and oxygen atoms in total. The van der Waals surface area contributed by atoms with Crippen LogP contribution >= 0.6 is 23.1 Å². The summed E-state index contributed by atoms with van der Waals surface area (Å²) in [5, 5.41) is 13.8. The maximum Gasteiger partial charge on any atom is 0.233 e. The highest BCUT2D eigenvalue weighted by atomic mass is 32.2. The molecule has 0 aromatic carbocycles. The molecule has 0 spiro atoms. The van der Waals surface area contributed by atoms with E-state index in [1.165, 1.54) is 4.88 Å². The Labute approximate surface area is 111 Å². The zero-order valence-electron chi connectivity index (χ0n) is 10.2. The molecular weight excluding hydrogens is 254 g/mol. The van der Waals surface area contributed by atoms with Crippen molar-refractivity contribution < 1.29 is 9.90 Å². The predicted octanol–water partition coefficient (Wildman–Crippen LogP) is 2.11. The lowest BCUT2D eigenvalue weighted by Gasteiger charge is -2.13. The Hall–Kier alpha value is -0.520. The number of carbonyl (C=O) groups is 1. The SMILES string of the molecule is CC(CO)CSC(C)C(=O)NCc1cccs1. The Morgan fingerprint density at radius 2 is 2.35 bits per heavy atom. The first-order valence-electron chi connectivity index (χ1n) is 5.66. The van der Waals surface area contributed by atoms with Crippen LogP contribution in [0.5, 0.6) is 0 Å². The highest BCUT2D eigenvalue weighted by molar-refractivity contribution is 8.00.